The van der Waals surface area contributed by atoms with E-state index in [1.807, 2.05) is 4.72 Å². The molecule has 0 aliphatic rings. The Hall–Kier alpha value is -2.48. The molecule has 0 saturated carbocycles. The minimum absolute atomic E-state index is 0.242. The van der Waals surface area contributed by atoms with Crippen molar-refractivity contribution in [2.75, 3.05) is 4.72 Å². The Bertz CT molecular complexity index is 875. The minimum atomic E-state index is -4.38. The van der Waals surface area contributed by atoms with Crippen molar-refractivity contribution in [2.24, 2.45) is 0 Å². The molecule has 0 heterocycles. The van der Waals surface area contributed by atoms with Crippen LogP contribution in [0.4, 0.5) is 14.5 Å². The Morgan fingerprint density at radius 3 is 2.21 bits per heavy atom. The monoisotopic (exact) mass is 355 g/mol. The number of sulfonamides is 1. The molecule has 5 nitrogen and oxygen atoms in total. The molecule has 0 unspecified atom stereocenters. The zero-order chi connectivity index (χ0) is 18.1. The van der Waals surface area contributed by atoms with E-state index in [2.05, 4.69) is 0 Å². The molecule has 0 bridgehead atoms. The van der Waals surface area contributed by atoms with E-state index in [4.69, 9.17) is 5.11 Å². The van der Waals surface area contributed by atoms with Crippen molar-refractivity contribution in [2.45, 2.75) is 24.7 Å². The summed E-state index contributed by atoms with van der Waals surface area (Å²) in [7, 11) is -4.38. The fraction of sp³-hybridized carbons (Fsp3) is 0.188. The highest BCUT2D eigenvalue weighted by Crippen LogP contribution is 2.28. The van der Waals surface area contributed by atoms with Crippen LogP contribution < -0.4 is 4.72 Å². The van der Waals surface area contributed by atoms with Crippen LogP contribution in [0.2, 0.25) is 0 Å². The molecule has 0 fully saturated rings. The quantitative estimate of drug-likeness (QED) is 0.859. The van der Waals surface area contributed by atoms with Gasteiger partial charge in [-0.15, -0.1) is 0 Å². The smallest absolute Gasteiger partial charge is 0.335 e. The lowest BCUT2D eigenvalue weighted by molar-refractivity contribution is 0.0696. The first kappa shape index (κ1) is 17.9. The lowest BCUT2D eigenvalue weighted by atomic mass is 10.0. The first-order chi connectivity index (χ1) is 11.1. The molecule has 0 amide bonds. The lowest BCUT2D eigenvalue weighted by Gasteiger charge is -2.16. The van der Waals surface area contributed by atoms with Crippen molar-refractivity contribution in [1.82, 2.24) is 0 Å². The van der Waals surface area contributed by atoms with Gasteiger partial charge in [-0.2, -0.15) is 0 Å². The summed E-state index contributed by atoms with van der Waals surface area (Å²) in [5.74, 6) is -3.69. The van der Waals surface area contributed by atoms with Crippen LogP contribution in [-0.4, -0.2) is 19.5 Å². The van der Waals surface area contributed by atoms with Crippen LogP contribution in [-0.2, 0) is 10.0 Å². The normalized spacial score (nSPS) is 11.5. The Morgan fingerprint density at radius 2 is 1.71 bits per heavy atom. The number of hydrogen-bond acceptors (Lipinski definition) is 3. The second kappa shape index (κ2) is 6.56. The molecule has 2 aromatic rings. The topological polar surface area (TPSA) is 83.5 Å². The van der Waals surface area contributed by atoms with Gasteiger partial charge in [0.25, 0.3) is 10.0 Å². The van der Waals surface area contributed by atoms with Crippen molar-refractivity contribution in [3.05, 3.63) is 59.2 Å². The molecular weight excluding hydrogens is 340 g/mol. The Kier molecular flexibility index (Phi) is 4.88. The summed E-state index contributed by atoms with van der Waals surface area (Å²) >= 11 is 0. The first-order valence-corrected chi connectivity index (χ1v) is 8.46. The van der Waals surface area contributed by atoms with Gasteiger partial charge >= 0.3 is 5.97 Å². The number of aromatic carboxylic acids is 1. The maximum absolute atomic E-state index is 13.7. The average Bonchev–Trinajstić information content (AvgIpc) is 2.50. The van der Waals surface area contributed by atoms with Crippen LogP contribution in [0, 0.1) is 11.6 Å². The van der Waals surface area contributed by atoms with Crippen molar-refractivity contribution in [1.29, 1.82) is 0 Å². The highest BCUT2D eigenvalue weighted by molar-refractivity contribution is 7.92. The minimum Gasteiger partial charge on any atom is -0.478 e. The van der Waals surface area contributed by atoms with Crippen molar-refractivity contribution >= 4 is 21.7 Å². The highest BCUT2D eigenvalue weighted by atomic mass is 32.2. The molecule has 8 heteroatoms. The fourth-order valence-electron chi connectivity index (χ4n) is 2.16. The second-order valence-corrected chi connectivity index (χ2v) is 7.07. The molecule has 0 saturated heterocycles. The van der Waals surface area contributed by atoms with Crippen molar-refractivity contribution in [3.63, 3.8) is 0 Å². The van der Waals surface area contributed by atoms with Gasteiger partial charge in [-0.3, -0.25) is 4.72 Å². The van der Waals surface area contributed by atoms with Gasteiger partial charge < -0.3 is 5.11 Å². The van der Waals surface area contributed by atoms with E-state index >= 15 is 0 Å². The number of para-hydroxylation sites is 1. The van der Waals surface area contributed by atoms with Crippen LogP contribution >= 0.6 is 0 Å². The van der Waals surface area contributed by atoms with Crippen LogP contribution in [0.3, 0.4) is 0 Å². The number of carbonyl (C=O) groups is 1. The first-order valence-electron chi connectivity index (χ1n) is 6.97. The molecule has 2 aromatic carbocycles. The summed E-state index contributed by atoms with van der Waals surface area (Å²) in [5.41, 5.74) is -0.717. The van der Waals surface area contributed by atoms with Gasteiger partial charge in [0, 0.05) is 0 Å². The molecule has 2 rings (SSSR count). The predicted octanol–water partition coefficient (Wildman–Crippen LogP) is 3.59. The third-order valence-corrected chi connectivity index (χ3v) is 4.78. The second-order valence-electron chi connectivity index (χ2n) is 5.41. The van der Waals surface area contributed by atoms with E-state index in [9.17, 15) is 22.0 Å². The van der Waals surface area contributed by atoms with Gasteiger partial charge in [-0.05, 0) is 35.7 Å². The van der Waals surface area contributed by atoms with Gasteiger partial charge in [0.2, 0.25) is 0 Å². The number of nitrogens with one attached hydrogen (secondary N) is 1. The lowest BCUT2D eigenvalue weighted by Crippen LogP contribution is -2.18. The molecule has 2 N–H and O–H groups in total. The molecule has 0 atom stereocenters. The third-order valence-electron chi connectivity index (χ3n) is 3.37. The summed E-state index contributed by atoms with van der Waals surface area (Å²) in [4.78, 5) is 10.8. The third kappa shape index (κ3) is 3.53. The average molecular weight is 355 g/mol. The Labute approximate surface area is 138 Å². The number of carboxylic acids is 1. The standard InChI is InChI=1S/C16H15F2NO4S/c1-9(2)11-7-6-10(16(20)21)8-14(11)24(22,23)19-15-12(17)4-3-5-13(15)18/h3-9,19H,1-2H3,(H,20,21). The summed E-state index contributed by atoms with van der Waals surface area (Å²) in [6.45, 7) is 3.44. The molecule has 0 aromatic heterocycles. The number of rotatable bonds is 5. The van der Waals surface area contributed by atoms with E-state index in [0.717, 1.165) is 24.3 Å². The summed E-state index contributed by atoms with van der Waals surface area (Å²) < 4.78 is 54.4. The number of anilines is 1. The number of halogens is 2. The number of hydrogen-bond donors (Lipinski definition) is 2. The maximum Gasteiger partial charge on any atom is 0.335 e. The van der Waals surface area contributed by atoms with Crippen molar-refractivity contribution < 1.29 is 27.1 Å². The fourth-order valence-corrected chi connectivity index (χ4v) is 3.63. The van der Waals surface area contributed by atoms with Gasteiger partial charge in [0.15, 0.2) is 0 Å². The Morgan fingerprint density at radius 1 is 1.12 bits per heavy atom. The van der Waals surface area contributed by atoms with E-state index in [0.29, 0.717) is 5.56 Å². The van der Waals surface area contributed by atoms with Gasteiger partial charge in [-0.1, -0.05) is 26.0 Å². The number of benzene rings is 2. The van der Waals surface area contributed by atoms with Gasteiger partial charge in [0.1, 0.15) is 17.3 Å². The van der Waals surface area contributed by atoms with E-state index < -0.39 is 33.3 Å². The van der Waals surface area contributed by atoms with Crippen LogP contribution in [0.25, 0.3) is 0 Å². The summed E-state index contributed by atoms with van der Waals surface area (Å²) in [6, 6.07) is 6.56. The highest BCUT2D eigenvalue weighted by Gasteiger charge is 2.24. The maximum atomic E-state index is 13.7. The van der Waals surface area contributed by atoms with Gasteiger partial charge in [-0.25, -0.2) is 22.0 Å². The van der Waals surface area contributed by atoms with Crippen molar-refractivity contribution in [3.8, 4) is 0 Å². The zero-order valence-corrected chi connectivity index (χ0v) is 13.7. The largest absolute Gasteiger partial charge is 0.478 e. The summed E-state index contributed by atoms with van der Waals surface area (Å²) in [6.07, 6.45) is 0. The Balaban J connectivity index is 2.60. The molecule has 24 heavy (non-hydrogen) atoms. The SMILES string of the molecule is CC(C)c1ccc(C(=O)O)cc1S(=O)(=O)Nc1c(F)cccc1F. The van der Waals surface area contributed by atoms with Crippen LogP contribution in [0.15, 0.2) is 41.3 Å². The van der Waals surface area contributed by atoms with E-state index in [-0.39, 0.29) is 16.4 Å². The molecule has 0 radical (unpaired) electrons. The van der Waals surface area contributed by atoms with Crippen LogP contribution in [0.1, 0.15) is 35.7 Å². The van der Waals surface area contributed by atoms with E-state index in [1.165, 1.54) is 12.1 Å². The summed E-state index contributed by atoms with van der Waals surface area (Å²) in [5, 5.41) is 9.05. The van der Waals surface area contributed by atoms with Crippen LogP contribution in [0.5, 0.6) is 0 Å². The molecule has 0 spiro atoms. The molecule has 0 aliphatic carbocycles. The molecule has 0 aliphatic heterocycles. The van der Waals surface area contributed by atoms with Gasteiger partial charge in [0.05, 0.1) is 10.5 Å². The van der Waals surface area contributed by atoms with E-state index in [1.54, 1.807) is 13.8 Å². The molecular formula is C16H15F2NO4S. The molecule has 128 valence electrons. The zero-order valence-electron chi connectivity index (χ0n) is 12.9. The predicted molar refractivity (Wildman–Crippen MR) is 84.7 cm³/mol. The number of carboxylic acid groups (broad SMARTS) is 1.